The highest BCUT2D eigenvalue weighted by Gasteiger charge is 2.27. The Kier molecular flexibility index (Phi) is 12.1. The summed E-state index contributed by atoms with van der Waals surface area (Å²) in [6.45, 7) is 12.5. The van der Waals surface area contributed by atoms with Gasteiger partial charge >= 0.3 is 0 Å². The summed E-state index contributed by atoms with van der Waals surface area (Å²) in [4.78, 5) is 7.40. The van der Waals surface area contributed by atoms with Crippen molar-refractivity contribution >= 4 is 29.9 Å². The molecule has 1 aliphatic heterocycles. The van der Waals surface area contributed by atoms with Crippen molar-refractivity contribution in [1.29, 1.82) is 0 Å². The number of benzene rings is 1. The molecule has 0 radical (unpaired) electrons. The molecule has 1 aromatic carbocycles. The van der Waals surface area contributed by atoms with Gasteiger partial charge in [0.2, 0.25) is 0 Å². The van der Waals surface area contributed by atoms with Gasteiger partial charge in [0.1, 0.15) is 0 Å². The van der Waals surface area contributed by atoms with Crippen LogP contribution in [0.15, 0.2) is 35.3 Å². The minimum absolute atomic E-state index is 0. The van der Waals surface area contributed by atoms with E-state index >= 15 is 0 Å². The molecule has 1 fully saturated rings. The third-order valence-corrected chi connectivity index (χ3v) is 6.34. The van der Waals surface area contributed by atoms with Crippen molar-refractivity contribution in [2.75, 3.05) is 26.2 Å². The molecule has 0 aromatic heterocycles. The normalized spacial score (nSPS) is 20.8. The van der Waals surface area contributed by atoms with E-state index in [0.717, 1.165) is 51.3 Å². The molecular weight excluding hydrogens is 475 g/mol. The molecule has 29 heavy (non-hydrogen) atoms. The number of aliphatic hydroxyl groups is 1. The third kappa shape index (κ3) is 8.06. The predicted octanol–water partition coefficient (Wildman–Crippen LogP) is 4.01. The van der Waals surface area contributed by atoms with Gasteiger partial charge in [-0.05, 0) is 45.1 Å². The molecule has 1 aliphatic rings. The first-order valence-corrected chi connectivity index (χ1v) is 11.0. The second-order valence-electron chi connectivity index (χ2n) is 8.23. The van der Waals surface area contributed by atoms with Crippen molar-refractivity contribution in [2.45, 2.75) is 72.0 Å². The van der Waals surface area contributed by atoms with Crippen LogP contribution in [0.1, 0.15) is 58.9 Å². The molecule has 0 bridgehead atoms. The number of nitrogens with one attached hydrogen (secondary N) is 2. The highest BCUT2D eigenvalue weighted by molar-refractivity contribution is 14.0. The molecule has 0 amide bonds. The Morgan fingerprint density at radius 1 is 1.21 bits per heavy atom. The van der Waals surface area contributed by atoms with Crippen molar-refractivity contribution in [3.05, 3.63) is 35.9 Å². The van der Waals surface area contributed by atoms with Gasteiger partial charge in [0.25, 0.3) is 0 Å². The molecule has 5 nitrogen and oxygen atoms in total. The van der Waals surface area contributed by atoms with Crippen molar-refractivity contribution in [3.63, 3.8) is 0 Å². The summed E-state index contributed by atoms with van der Waals surface area (Å²) in [5.41, 5.74) is 1.28. The van der Waals surface area contributed by atoms with E-state index in [4.69, 9.17) is 4.99 Å². The first kappa shape index (κ1) is 26.2. The van der Waals surface area contributed by atoms with Crippen LogP contribution in [-0.2, 0) is 6.54 Å². The SMILES string of the molecule is CCNC(=NCC(CC)(CC)CO)NC1CCN(Cc2ccccc2)C(C)C1.I. The Bertz CT molecular complexity index is 584. The Labute approximate surface area is 194 Å². The molecule has 2 rings (SSSR count). The highest BCUT2D eigenvalue weighted by Crippen LogP contribution is 2.26. The summed E-state index contributed by atoms with van der Waals surface area (Å²) in [5.74, 6) is 0.885. The van der Waals surface area contributed by atoms with Gasteiger partial charge in [-0.1, -0.05) is 44.2 Å². The third-order valence-electron chi connectivity index (χ3n) is 6.34. The second kappa shape index (κ2) is 13.4. The quantitative estimate of drug-likeness (QED) is 0.264. The van der Waals surface area contributed by atoms with E-state index in [9.17, 15) is 5.11 Å². The molecule has 0 aliphatic carbocycles. The maximum absolute atomic E-state index is 9.81. The van der Waals surface area contributed by atoms with E-state index in [1.165, 1.54) is 5.56 Å². The van der Waals surface area contributed by atoms with Crippen molar-refractivity contribution < 1.29 is 5.11 Å². The number of rotatable bonds is 9. The molecule has 2 unspecified atom stereocenters. The zero-order valence-corrected chi connectivity index (χ0v) is 21.0. The average molecular weight is 517 g/mol. The van der Waals surface area contributed by atoms with Crippen LogP contribution in [0.2, 0.25) is 0 Å². The molecule has 3 N–H and O–H groups in total. The molecule has 1 saturated heterocycles. The Morgan fingerprint density at radius 3 is 2.45 bits per heavy atom. The fraction of sp³-hybridized carbons (Fsp3) is 0.696. The van der Waals surface area contributed by atoms with E-state index in [-0.39, 0.29) is 36.0 Å². The number of aliphatic hydroxyl groups excluding tert-OH is 1. The van der Waals surface area contributed by atoms with Crippen LogP contribution in [-0.4, -0.2) is 54.3 Å². The molecule has 166 valence electrons. The van der Waals surface area contributed by atoms with Crippen molar-refractivity contribution in [1.82, 2.24) is 15.5 Å². The van der Waals surface area contributed by atoms with Crippen LogP contribution >= 0.6 is 24.0 Å². The Morgan fingerprint density at radius 2 is 1.90 bits per heavy atom. The van der Waals surface area contributed by atoms with Crippen molar-refractivity contribution in [3.8, 4) is 0 Å². The summed E-state index contributed by atoms with van der Waals surface area (Å²) in [6, 6.07) is 11.7. The van der Waals surface area contributed by atoms with Crippen LogP contribution < -0.4 is 10.6 Å². The number of guanidine groups is 1. The van der Waals surface area contributed by atoms with Gasteiger partial charge in [-0.3, -0.25) is 9.89 Å². The summed E-state index contributed by atoms with van der Waals surface area (Å²) in [6.07, 6.45) is 4.12. The number of likely N-dealkylation sites (tertiary alicyclic amines) is 1. The van der Waals surface area contributed by atoms with Gasteiger partial charge < -0.3 is 15.7 Å². The molecule has 2 atom stereocenters. The van der Waals surface area contributed by atoms with Crippen LogP contribution in [0, 0.1) is 5.41 Å². The zero-order chi connectivity index (χ0) is 20.4. The zero-order valence-electron chi connectivity index (χ0n) is 18.7. The van der Waals surface area contributed by atoms with Crippen LogP contribution in [0.4, 0.5) is 0 Å². The van der Waals surface area contributed by atoms with E-state index < -0.39 is 0 Å². The number of nitrogens with zero attached hydrogens (tertiary/aromatic N) is 2. The maximum atomic E-state index is 9.81. The van der Waals surface area contributed by atoms with Crippen LogP contribution in [0.3, 0.4) is 0 Å². The largest absolute Gasteiger partial charge is 0.396 e. The number of piperidine rings is 1. The minimum Gasteiger partial charge on any atom is -0.396 e. The lowest BCUT2D eigenvalue weighted by Crippen LogP contribution is -2.51. The van der Waals surface area contributed by atoms with Gasteiger partial charge in [-0.2, -0.15) is 0 Å². The lowest BCUT2D eigenvalue weighted by atomic mass is 9.83. The minimum atomic E-state index is -0.102. The Balaban J connectivity index is 0.00000420. The number of halogens is 1. The van der Waals surface area contributed by atoms with Crippen molar-refractivity contribution in [2.24, 2.45) is 10.4 Å². The lowest BCUT2D eigenvalue weighted by molar-refractivity contribution is 0.123. The monoisotopic (exact) mass is 516 g/mol. The first-order chi connectivity index (χ1) is 13.6. The second-order valence-corrected chi connectivity index (χ2v) is 8.23. The summed E-state index contributed by atoms with van der Waals surface area (Å²) in [7, 11) is 0. The van der Waals surface area contributed by atoms with Crippen LogP contribution in [0.5, 0.6) is 0 Å². The molecule has 6 heteroatoms. The average Bonchev–Trinajstić information content (AvgIpc) is 2.72. The van der Waals surface area contributed by atoms with Gasteiger partial charge in [-0.15, -0.1) is 24.0 Å². The molecule has 0 saturated carbocycles. The summed E-state index contributed by atoms with van der Waals surface area (Å²) < 4.78 is 0. The molecule has 1 heterocycles. The van der Waals surface area contributed by atoms with E-state index in [1.54, 1.807) is 0 Å². The summed E-state index contributed by atoms with van der Waals surface area (Å²) >= 11 is 0. The fourth-order valence-electron chi connectivity index (χ4n) is 3.91. The van der Waals surface area contributed by atoms with E-state index in [0.29, 0.717) is 18.6 Å². The first-order valence-electron chi connectivity index (χ1n) is 11.0. The molecular formula is C23H41IN4O. The van der Waals surface area contributed by atoms with Crippen LogP contribution in [0.25, 0.3) is 0 Å². The topological polar surface area (TPSA) is 59.9 Å². The number of hydrogen-bond acceptors (Lipinski definition) is 3. The predicted molar refractivity (Wildman–Crippen MR) is 134 cm³/mol. The standard InChI is InChI=1S/C23H40N4O.HI/c1-5-23(6-2,18-28)17-25-22(24-7-3)26-21-13-14-27(19(4)15-21)16-20-11-9-8-10-12-20;/h8-12,19,21,28H,5-7,13-18H2,1-4H3,(H2,24,25,26);1H. The molecule has 1 aromatic rings. The lowest BCUT2D eigenvalue weighted by Gasteiger charge is -2.38. The van der Waals surface area contributed by atoms with E-state index in [2.05, 4.69) is 73.6 Å². The summed E-state index contributed by atoms with van der Waals surface area (Å²) in [5, 5.41) is 16.8. The Hall–Kier alpha value is -0.860. The number of hydrogen-bond donors (Lipinski definition) is 3. The van der Waals surface area contributed by atoms with Gasteiger partial charge in [-0.25, -0.2) is 0 Å². The van der Waals surface area contributed by atoms with Gasteiger partial charge in [0.05, 0.1) is 13.2 Å². The van der Waals surface area contributed by atoms with Gasteiger partial charge in [0, 0.05) is 37.1 Å². The van der Waals surface area contributed by atoms with Gasteiger partial charge in [0.15, 0.2) is 5.96 Å². The highest BCUT2D eigenvalue weighted by atomic mass is 127. The smallest absolute Gasteiger partial charge is 0.191 e. The fourth-order valence-corrected chi connectivity index (χ4v) is 3.91. The molecule has 0 spiro atoms. The maximum Gasteiger partial charge on any atom is 0.191 e. The van der Waals surface area contributed by atoms with E-state index in [1.807, 2.05) is 0 Å². The number of aliphatic imine (C=N–C) groups is 1.